The average Bonchev–Trinajstić information content (AvgIpc) is 3.13. The van der Waals surface area contributed by atoms with Gasteiger partial charge in [0, 0.05) is 43.3 Å². The predicted octanol–water partition coefficient (Wildman–Crippen LogP) is 3.33. The Hall–Kier alpha value is -1.47. The van der Waals surface area contributed by atoms with Crippen LogP contribution in [0.25, 0.3) is 0 Å². The van der Waals surface area contributed by atoms with Gasteiger partial charge in [-0.1, -0.05) is 24.3 Å². The Balaban J connectivity index is 1.61. The lowest BCUT2D eigenvalue weighted by Crippen LogP contribution is -2.48. The summed E-state index contributed by atoms with van der Waals surface area (Å²) in [4.78, 5) is 6.35. The molecule has 0 saturated carbocycles. The van der Waals surface area contributed by atoms with Gasteiger partial charge in [0.25, 0.3) is 0 Å². The summed E-state index contributed by atoms with van der Waals surface area (Å²) in [5.41, 5.74) is 2.26. The third kappa shape index (κ3) is 5.01. The van der Waals surface area contributed by atoms with E-state index in [1.807, 2.05) is 23.5 Å². The molecule has 134 valence electrons. The fourth-order valence-electron chi connectivity index (χ4n) is 3.09. The Kier molecular flexibility index (Phi) is 6.42. The summed E-state index contributed by atoms with van der Waals surface area (Å²) in [6, 6.07) is 12.9. The highest BCUT2D eigenvalue weighted by Crippen LogP contribution is 2.25. The summed E-state index contributed by atoms with van der Waals surface area (Å²) in [5, 5.41) is 9.59. The van der Waals surface area contributed by atoms with Crippen LogP contribution in [0.15, 0.2) is 41.8 Å². The number of aryl methyl sites for hydroxylation is 1. The number of hydrogen-bond donors (Lipinski definition) is 2. The summed E-state index contributed by atoms with van der Waals surface area (Å²) in [6.07, 6.45) is 0. The fourth-order valence-corrected chi connectivity index (χ4v) is 4.15. The normalized spacial score (nSPS) is 17.2. The van der Waals surface area contributed by atoms with Crippen LogP contribution in [0.2, 0.25) is 0 Å². The Morgan fingerprint density at radius 3 is 2.60 bits per heavy atom. The van der Waals surface area contributed by atoms with Gasteiger partial charge in [0.1, 0.15) is 0 Å². The molecule has 1 aliphatic heterocycles. The third-order valence-electron chi connectivity index (χ3n) is 4.70. The number of para-hydroxylation sites is 1. The molecule has 0 bridgehead atoms. The highest BCUT2D eigenvalue weighted by atomic mass is 32.1. The van der Waals surface area contributed by atoms with E-state index in [0.717, 1.165) is 38.4 Å². The van der Waals surface area contributed by atoms with Gasteiger partial charge in [0.2, 0.25) is 0 Å². The second kappa shape index (κ2) is 8.76. The number of rotatable bonds is 5. The zero-order chi connectivity index (χ0) is 17.6. The van der Waals surface area contributed by atoms with Crippen LogP contribution in [0.5, 0.6) is 0 Å². The molecule has 4 nitrogen and oxygen atoms in total. The Morgan fingerprint density at radius 2 is 1.92 bits per heavy atom. The molecule has 0 unspecified atom stereocenters. The van der Waals surface area contributed by atoms with E-state index < -0.39 is 0 Å². The molecule has 1 atom stereocenters. The maximum atomic E-state index is 5.52. The standard InChI is InChI=1S/C19H26N4S2/c1-15-6-3-4-7-16(15)21-19(24)20-14-17(18-8-5-13-25-18)23-11-9-22(2)10-12-23/h3-8,13,17H,9-12,14H2,1-2H3,(H2,20,21,24)/t17-/m0/s1. The van der Waals surface area contributed by atoms with Gasteiger partial charge in [-0.05, 0) is 49.3 Å². The van der Waals surface area contributed by atoms with Crippen LogP contribution < -0.4 is 10.6 Å². The molecule has 3 rings (SSSR count). The molecule has 2 aromatic rings. The molecule has 2 heterocycles. The SMILES string of the molecule is Cc1ccccc1NC(=S)NC[C@@H](c1cccs1)N1CCN(C)CC1. The largest absolute Gasteiger partial charge is 0.360 e. The van der Waals surface area contributed by atoms with Gasteiger partial charge in [-0.3, -0.25) is 4.90 Å². The van der Waals surface area contributed by atoms with E-state index in [9.17, 15) is 0 Å². The number of piperazine rings is 1. The first-order valence-corrected chi connectivity index (χ1v) is 9.99. The van der Waals surface area contributed by atoms with Gasteiger partial charge in [0.15, 0.2) is 5.11 Å². The maximum absolute atomic E-state index is 5.52. The first kappa shape index (κ1) is 18.3. The molecule has 0 aliphatic carbocycles. The van der Waals surface area contributed by atoms with Crippen LogP contribution in [0.4, 0.5) is 5.69 Å². The number of nitrogens with one attached hydrogen (secondary N) is 2. The first-order valence-electron chi connectivity index (χ1n) is 8.70. The Bertz CT molecular complexity index is 678. The number of thiophene rings is 1. The molecule has 0 amide bonds. The van der Waals surface area contributed by atoms with E-state index in [2.05, 4.69) is 64.1 Å². The smallest absolute Gasteiger partial charge is 0.170 e. The molecule has 2 N–H and O–H groups in total. The number of hydrogen-bond acceptors (Lipinski definition) is 4. The second-order valence-corrected chi connectivity index (χ2v) is 7.91. The van der Waals surface area contributed by atoms with Gasteiger partial charge in [-0.15, -0.1) is 11.3 Å². The van der Waals surface area contributed by atoms with Crippen molar-refractivity contribution in [2.45, 2.75) is 13.0 Å². The molecular formula is C19H26N4S2. The van der Waals surface area contributed by atoms with Crippen molar-refractivity contribution in [1.29, 1.82) is 0 Å². The van der Waals surface area contributed by atoms with E-state index in [-0.39, 0.29) is 0 Å². The summed E-state index contributed by atoms with van der Waals surface area (Å²) in [5.74, 6) is 0. The maximum Gasteiger partial charge on any atom is 0.170 e. The molecule has 0 spiro atoms. The van der Waals surface area contributed by atoms with Crippen molar-refractivity contribution in [3.05, 3.63) is 52.2 Å². The molecule has 1 aromatic heterocycles. The highest BCUT2D eigenvalue weighted by Gasteiger charge is 2.24. The van der Waals surface area contributed by atoms with Gasteiger partial charge in [-0.2, -0.15) is 0 Å². The van der Waals surface area contributed by atoms with Crippen LogP contribution >= 0.6 is 23.6 Å². The Morgan fingerprint density at radius 1 is 1.16 bits per heavy atom. The monoisotopic (exact) mass is 374 g/mol. The van der Waals surface area contributed by atoms with Gasteiger partial charge in [-0.25, -0.2) is 0 Å². The predicted molar refractivity (Wildman–Crippen MR) is 112 cm³/mol. The summed E-state index contributed by atoms with van der Waals surface area (Å²) in [7, 11) is 2.19. The van der Waals surface area contributed by atoms with Crippen molar-refractivity contribution in [3.8, 4) is 0 Å². The zero-order valence-corrected chi connectivity index (χ0v) is 16.5. The summed E-state index contributed by atoms with van der Waals surface area (Å²) in [6.45, 7) is 7.34. The quantitative estimate of drug-likeness (QED) is 0.784. The Labute approximate surface area is 159 Å². The van der Waals surface area contributed by atoms with E-state index in [1.165, 1.54) is 10.4 Å². The molecule has 1 aliphatic rings. The fraction of sp³-hybridized carbons (Fsp3) is 0.421. The van der Waals surface area contributed by atoms with Crippen molar-refractivity contribution in [3.63, 3.8) is 0 Å². The van der Waals surface area contributed by atoms with Gasteiger partial charge < -0.3 is 15.5 Å². The number of thiocarbonyl (C=S) groups is 1. The van der Waals surface area contributed by atoms with Gasteiger partial charge in [0.05, 0.1) is 6.04 Å². The van der Waals surface area contributed by atoms with E-state index in [4.69, 9.17) is 12.2 Å². The van der Waals surface area contributed by atoms with Crippen LogP contribution in [-0.4, -0.2) is 54.7 Å². The lowest BCUT2D eigenvalue weighted by Gasteiger charge is -2.37. The molecular weight excluding hydrogens is 348 g/mol. The van der Waals surface area contributed by atoms with Crippen LogP contribution in [-0.2, 0) is 0 Å². The lowest BCUT2D eigenvalue weighted by molar-refractivity contribution is 0.114. The van der Waals surface area contributed by atoms with E-state index in [0.29, 0.717) is 11.2 Å². The minimum atomic E-state index is 0.366. The number of nitrogens with zero attached hydrogens (tertiary/aromatic N) is 2. The van der Waals surface area contributed by atoms with E-state index in [1.54, 1.807) is 0 Å². The van der Waals surface area contributed by atoms with Crippen LogP contribution in [0.3, 0.4) is 0 Å². The molecule has 1 aromatic carbocycles. The van der Waals surface area contributed by atoms with Gasteiger partial charge >= 0.3 is 0 Å². The molecule has 25 heavy (non-hydrogen) atoms. The average molecular weight is 375 g/mol. The highest BCUT2D eigenvalue weighted by molar-refractivity contribution is 7.80. The summed E-state index contributed by atoms with van der Waals surface area (Å²) < 4.78 is 0. The first-order chi connectivity index (χ1) is 12.1. The molecule has 1 saturated heterocycles. The number of anilines is 1. The molecule has 6 heteroatoms. The minimum absolute atomic E-state index is 0.366. The van der Waals surface area contributed by atoms with Crippen molar-refractivity contribution < 1.29 is 0 Å². The van der Waals surface area contributed by atoms with Crippen molar-refractivity contribution in [2.24, 2.45) is 0 Å². The molecule has 1 fully saturated rings. The van der Waals surface area contributed by atoms with Crippen molar-refractivity contribution >= 4 is 34.4 Å². The minimum Gasteiger partial charge on any atom is -0.360 e. The zero-order valence-electron chi connectivity index (χ0n) is 14.9. The van der Waals surface area contributed by atoms with Crippen LogP contribution in [0, 0.1) is 6.92 Å². The number of benzene rings is 1. The van der Waals surface area contributed by atoms with Crippen molar-refractivity contribution in [1.82, 2.24) is 15.1 Å². The third-order valence-corrected chi connectivity index (χ3v) is 5.92. The molecule has 0 radical (unpaired) electrons. The topological polar surface area (TPSA) is 30.5 Å². The van der Waals surface area contributed by atoms with Crippen LogP contribution in [0.1, 0.15) is 16.5 Å². The lowest BCUT2D eigenvalue weighted by atomic mass is 10.1. The summed E-state index contributed by atoms with van der Waals surface area (Å²) >= 11 is 7.34. The van der Waals surface area contributed by atoms with E-state index >= 15 is 0 Å². The number of likely N-dealkylation sites (N-methyl/N-ethyl adjacent to an activating group) is 1. The second-order valence-electron chi connectivity index (χ2n) is 6.52. The van der Waals surface area contributed by atoms with Crippen molar-refractivity contribution in [2.75, 3.05) is 45.1 Å².